The standard InChI is InChI=1S/C15H19N5O.2ClH/c21-15(13-2-1-6-17-10-13)18-14-5-9-20(19-14)11-12-3-7-16-8-4-12;;/h3-5,7-9,13,17H,1-2,6,10-11H2,(H,18,19,21);2*1H. The molecule has 0 spiro atoms. The molecule has 1 fully saturated rings. The van der Waals surface area contributed by atoms with E-state index in [0.29, 0.717) is 12.4 Å². The number of pyridine rings is 1. The topological polar surface area (TPSA) is 71.8 Å². The molecule has 8 heteroatoms. The maximum absolute atomic E-state index is 12.1. The molecule has 1 unspecified atom stereocenters. The van der Waals surface area contributed by atoms with Crippen molar-refractivity contribution in [1.82, 2.24) is 20.1 Å². The molecule has 1 amide bonds. The number of nitrogens with one attached hydrogen (secondary N) is 2. The first-order valence-electron chi connectivity index (χ1n) is 7.25. The van der Waals surface area contributed by atoms with E-state index in [2.05, 4.69) is 20.7 Å². The van der Waals surface area contributed by atoms with Crippen molar-refractivity contribution in [2.24, 2.45) is 5.92 Å². The summed E-state index contributed by atoms with van der Waals surface area (Å²) < 4.78 is 1.81. The number of aromatic nitrogens is 3. The molecule has 0 aliphatic carbocycles. The summed E-state index contributed by atoms with van der Waals surface area (Å²) in [6.07, 6.45) is 7.38. The van der Waals surface area contributed by atoms with Crippen LogP contribution in [0.1, 0.15) is 18.4 Å². The van der Waals surface area contributed by atoms with Crippen molar-refractivity contribution in [1.29, 1.82) is 0 Å². The van der Waals surface area contributed by atoms with E-state index in [1.165, 1.54) is 0 Å². The second-order valence-corrected chi connectivity index (χ2v) is 5.29. The Balaban J connectivity index is 0.00000132. The van der Waals surface area contributed by atoms with E-state index in [9.17, 15) is 4.79 Å². The number of carbonyl (C=O) groups excluding carboxylic acids is 1. The molecule has 2 aromatic heterocycles. The molecule has 3 heterocycles. The molecule has 0 saturated carbocycles. The Hall–Kier alpha value is -1.63. The van der Waals surface area contributed by atoms with E-state index in [1.807, 2.05) is 29.1 Å². The molecule has 126 valence electrons. The monoisotopic (exact) mass is 357 g/mol. The summed E-state index contributed by atoms with van der Waals surface area (Å²) in [6, 6.07) is 5.73. The van der Waals surface area contributed by atoms with Crippen molar-refractivity contribution in [2.45, 2.75) is 19.4 Å². The van der Waals surface area contributed by atoms with Gasteiger partial charge in [-0.25, -0.2) is 0 Å². The lowest BCUT2D eigenvalue weighted by Gasteiger charge is -2.21. The highest BCUT2D eigenvalue weighted by molar-refractivity contribution is 5.91. The summed E-state index contributed by atoms with van der Waals surface area (Å²) in [5, 5.41) is 10.5. The fourth-order valence-corrected chi connectivity index (χ4v) is 2.50. The molecule has 3 rings (SSSR count). The largest absolute Gasteiger partial charge is 0.316 e. The van der Waals surface area contributed by atoms with Gasteiger partial charge in [0.25, 0.3) is 0 Å². The lowest BCUT2D eigenvalue weighted by atomic mass is 9.99. The van der Waals surface area contributed by atoms with Crippen LogP contribution in [-0.2, 0) is 11.3 Å². The lowest BCUT2D eigenvalue weighted by Crippen LogP contribution is -2.37. The van der Waals surface area contributed by atoms with Crippen molar-refractivity contribution in [3.05, 3.63) is 42.4 Å². The van der Waals surface area contributed by atoms with Crippen molar-refractivity contribution in [3.63, 3.8) is 0 Å². The molecule has 1 saturated heterocycles. The van der Waals surface area contributed by atoms with E-state index in [1.54, 1.807) is 12.4 Å². The SMILES string of the molecule is Cl.Cl.O=C(Nc1ccn(Cc2ccncc2)n1)C1CCCNC1. The Labute approximate surface area is 147 Å². The van der Waals surface area contributed by atoms with Crippen LogP contribution in [0.2, 0.25) is 0 Å². The average molecular weight is 358 g/mol. The highest BCUT2D eigenvalue weighted by Crippen LogP contribution is 2.13. The Kier molecular flexibility index (Phi) is 8.02. The number of nitrogens with zero attached hydrogens (tertiary/aromatic N) is 3. The van der Waals surface area contributed by atoms with Crippen LogP contribution >= 0.6 is 24.8 Å². The van der Waals surface area contributed by atoms with E-state index in [-0.39, 0.29) is 36.6 Å². The number of piperidine rings is 1. The van der Waals surface area contributed by atoms with Gasteiger partial charge in [-0.1, -0.05) is 0 Å². The van der Waals surface area contributed by atoms with Gasteiger partial charge in [-0.3, -0.25) is 14.5 Å². The fraction of sp³-hybridized carbons (Fsp3) is 0.400. The van der Waals surface area contributed by atoms with Gasteiger partial charge >= 0.3 is 0 Å². The summed E-state index contributed by atoms with van der Waals surface area (Å²) in [5.41, 5.74) is 1.13. The summed E-state index contributed by atoms with van der Waals surface area (Å²) >= 11 is 0. The third-order valence-corrected chi connectivity index (χ3v) is 3.65. The van der Waals surface area contributed by atoms with E-state index < -0.39 is 0 Å². The Bertz CT molecular complexity index is 599. The van der Waals surface area contributed by atoms with Gasteiger partial charge in [0.15, 0.2) is 5.82 Å². The minimum absolute atomic E-state index is 0. The second-order valence-electron chi connectivity index (χ2n) is 5.29. The van der Waals surface area contributed by atoms with Crippen molar-refractivity contribution in [3.8, 4) is 0 Å². The van der Waals surface area contributed by atoms with Crippen LogP contribution in [0.15, 0.2) is 36.8 Å². The normalized spacial score (nSPS) is 16.8. The van der Waals surface area contributed by atoms with Gasteiger partial charge < -0.3 is 10.6 Å². The number of hydrogen-bond donors (Lipinski definition) is 2. The Morgan fingerprint density at radius 3 is 2.78 bits per heavy atom. The first-order valence-corrected chi connectivity index (χ1v) is 7.25. The smallest absolute Gasteiger partial charge is 0.229 e. The number of rotatable bonds is 4. The second kappa shape index (κ2) is 9.50. The number of carbonyl (C=O) groups is 1. The van der Waals surface area contributed by atoms with Crippen LogP contribution in [0.5, 0.6) is 0 Å². The summed E-state index contributed by atoms with van der Waals surface area (Å²) in [7, 11) is 0. The third kappa shape index (κ3) is 5.49. The molecular formula is C15H21Cl2N5O. The zero-order chi connectivity index (χ0) is 14.5. The summed E-state index contributed by atoms with van der Waals surface area (Å²) in [6.45, 7) is 2.43. The van der Waals surface area contributed by atoms with Crippen molar-refractivity contribution < 1.29 is 4.79 Å². The van der Waals surface area contributed by atoms with Crippen LogP contribution in [0, 0.1) is 5.92 Å². The van der Waals surface area contributed by atoms with Gasteiger partial charge in [-0.05, 0) is 37.1 Å². The highest BCUT2D eigenvalue weighted by atomic mass is 35.5. The van der Waals surface area contributed by atoms with Gasteiger partial charge in [0.2, 0.25) is 5.91 Å². The lowest BCUT2D eigenvalue weighted by molar-refractivity contribution is -0.120. The predicted molar refractivity (Wildman–Crippen MR) is 94.3 cm³/mol. The zero-order valence-electron chi connectivity index (χ0n) is 12.6. The van der Waals surface area contributed by atoms with Crippen LogP contribution in [0.3, 0.4) is 0 Å². The van der Waals surface area contributed by atoms with Crippen LogP contribution < -0.4 is 10.6 Å². The van der Waals surface area contributed by atoms with Gasteiger partial charge in [0, 0.05) is 31.2 Å². The van der Waals surface area contributed by atoms with E-state index in [4.69, 9.17) is 0 Å². The Morgan fingerprint density at radius 1 is 1.30 bits per heavy atom. The van der Waals surface area contributed by atoms with Gasteiger partial charge in [-0.2, -0.15) is 5.10 Å². The highest BCUT2D eigenvalue weighted by Gasteiger charge is 2.21. The molecule has 1 aliphatic rings. The Morgan fingerprint density at radius 2 is 2.09 bits per heavy atom. The molecule has 2 aromatic rings. The van der Waals surface area contributed by atoms with Crippen LogP contribution in [0.4, 0.5) is 5.82 Å². The first-order chi connectivity index (χ1) is 10.3. The minimum Gasteiger partial charge on any atom is -0.316 e. The predicted octanol–water partition coefficient (Wildman–Crippen LogP) is 2.11. The molecule has 0 radical (unpaired) electrons. The summed E-state index contributed by atoms with van der Waals surface area (Å²) in [5.74, 6) is 0.708. The van der Waals surface area contributed by atoms with E-state index >= 15 is 0 Å². The fourth-order valence-electron chi connectivity index (χ4n) is 2.50. The van der Waals surface area contributed by atoms with Gasteiger partial charge in [0.05, 0.1) is 12.5 Å². The number of halogens is 2. The molecular weight excluding hydrogens is 337 g/mol. The quantitative estimate of drug-likeness (QED) is 0.878. The molecule has 6 nitrogen and oxygen atoms in total. The number of amides is 1. The third-order valence-electron chi connectivity index (χ3n) is 3.65. The van der Waals surface area contributed by atoms with Crippen molar-refractivity contribution >= 4 is 36.5 Å². The number of hydrogen-bond acceptors (Lipinski definition) is 4. The minimum atomic E-state index is 0. The molecule has 1 atom stereocenters. The molecule has 1 aliphatic heterocycles. The zero-order valence-corrected chi connectivity index (χ0v) is 14.3. The maximum atomic E-state index is 12.1. The van der Waals surface area contributed by atoms with Gasteiger partial charge in [-0.15, -0.1) is 24.8 Å². The molecule has 23 heavy (non-hydrogen) atoms. The number of anilines is 1. The first kappa shape index (κ1) is 19.4. The molecule has 0 bridgehead atoms. The maximum Gasteiger partial charge on any atom is 0.229 e. The van der Waals surface area contributed by atoms with E-state index in [0.717, 1.165) is 31.5 Å². The van der Waals surface area contributed by atoms with Crippen LogP contribution in [-0.4, -0.2) is 33.8 Å². The van der Waals surface area contributed by atoms with Crippen LogP contribution in [0.25, 0.3) is 0 Å². The molecule has 2 N–H and O–H groups in total. The molecule has 0 aromatic carbocycles. The van der Waals surface area contributed by atoms with Gasteiger partial charge in [0.1, 0.15) is 0 Å². The average Bonchev–Trinajstić information content (AvgIpc) is 2.96. The summed E-state index contributed by atoms with van der Waals surface area (Å²) in [4.78, 5) is 16.1. The van der Waals surface area contributed by atoms with Crippen molar-refractivity contribution in [2.75, 3.05) is 18.4 Å².